The van der Waals surface area contributed by atoms with Crippen molar-refractivity contribution < 1.29 is 18.3 Å². The Balaban J connectivity index is 3.04. The van der Waals surface area contributed by atoms with Gasteiger partial charge >= 0.3 is 5.97 Å². The molecule has 0 aliphatic rings. The van der Waals surface area contributed by atoms with E-state index in [1.165, 1.54) is 6.92 Å². The van der Waals surface area contributed by atoms with Gasteiger partial charge < -0.3 is 4.74 Å². The quantitative estimate of drug-likeness (QED) is 0.789. The van der Waals surface area contributed by atoms with Crippen molar-refractivity contribution in [3.8, 4) is 0 Å². The summed E-state index contributed by atoms with van der Waals surface area (Å²) < 4.78 is 30.6. The molecule has 0 aromatic carbocycles. The van der Waals surface area contributed by atoms with Gasteiger partial charge in [0, 0.05) is 12.5 Å². The molecule has 1 aromatic rings. The minimum absolute atomic E-state index is 0.0895. The molecule has 1 heterocycles. The van der Waals surface area contributed by atoms with E-state index >= 15 is 0 Å². The first-order valence-corrected chi connectivity index (χ1v) is 4.48. The first kappa shape index (κ1) is 11.6. The van der Waals surface area contributed by atoms with Gasteiger partial charge in [0.1, 0.15) is 5.69 Å². The monoisotopic (exact) mass is 218 g/mol. The summed E-state index contributed by atoms with van der Waals surface area (Å²) in [4.78, 5) is 11.3. The van der Waals surface area contributed by atoms with Crippen LogP contribution in [0.3, 0.4) is 0 Å². The molecule has 0 bridgehead atoms. The summed E-state index contributed by atoms with van der Waals surface area (Å²) in [5.74, 6) is -3.73. The Labute approximate surface area is 85.6 Å². The molecular weight excluding hydrogens is 206 g/mol. The molecule has 4 nitrogen and oxygen atoms in total. The Morgan fingerprint density at radius 2 is 2.20 bits per heavy atom. The van der Waals surface area contributed by atoms with Crippen molar-refractivity contribution in [1.82, 2.24) is 10.2 Å². The number of nitrogens with zero attached hydrogens (tertiary/aromatic N) is 1. The van der Waals surface area contributed by atoms with E-state index < -0.39 is 11.9 Å². The number of hydrogen-bond donors (Lipinski definition) is 1. The number of H-pyrrole nitrogens is 1. The van der Waals surface area contributed by atoms with Crippen LogP contribution in [0.25, 0.3) is 0 Å². The highest BCUT2D eigenvalue weighted by molar-refractivity contribution is 5.89. The Morgan fingerprint density at radius 3 is 2.60 bits per heavy atom. The van der Waals surface area contributed by atoms with Crippen molar-refractivity contribution in [2.24, 2.45) is 0 Å². The number of ether oxygens (including phenoxy) is 1. The molecule has 0 aliphatic carbocycles. The molecule has 0 spiro atoms. The fourth-order valence-corrected chi connectivity index (χ4v) is 1.22. The number of hydrogen-bond acceptors (Lipinski definition) is 3. The van der Waals surface area contributed by atoms with Crippen LogP contribution in [0.1, 0.15) is 35.6 Å². The van der Waals surface area contributed by atoms with E-state index in [0.29, 0.717) is 0 Å². The first-order valence-electron chi connectivity index (χ1n) is 4.48. The Kier molecular flexibility index (Phi) is 3.06. The van der Waals surface area contributed by atoms with Crippen molar-refractivity contribution in [3.63, 3.8) is 0 Å². The topological polar surface area (TPSA) is 55.0 Å². The Hall–Kier alpha value is -1.46. The van der Waals surface area contributed by atoms with Crippen LogP contribution >= 0.6 is 0 Å². The molecule has 84 valence electrons. The number of aromatic amines is 1. The van der Waals surface area contributed by atoms with Crippen molar-refractivity contribution in [2.45, 2.75) is 26.7 Å². The largest absolute Gasteiger partial charge is 0.461 e. The standard InChI is InChI=1S/C9H12F2N2O2/c1-4-15-8(14)6-5(2)7(13-12-6)9(3,10)11/h4H2,1-3H3,(H,12,13). The summed E-state index contributed by atoms with van der Waals surface area (Å²) in [5.41, 5.74) is -0.320. The molecular formula is C9H12F2N2O2. The molecule has 1 aromatic heterocycles. The second-order valence-corrected chi connectivity index (χ2v) is 3.18. The van der Waals surface area contributed by atoms with E-state index in [1.807, 2.05) is 0 Å². The van der Waals surface area contributed by atoms with Gasteiger partial charge in [-0.1, -0.05) is 0 Å². The summed E-state index contributed by atoms with van der Waals surface area (Å²) in [6.45, 7) is 3.96. The van der Waals surface area contributed by atoms with Gasteiger partial charge in [0.15, 0.2) is 5.69 Å². The van der Waals surface area contributed by atoms with Crippen molar-refractivity contribution >= 4 is 5.97 Å². The normalized spacial score (nSPS) is 11.5. The van der Waals surface area contributed by atoms with Gasteiger partial charge in [-0.05, 0) is 13.8 Å². The van der Waals surface area contributed by atoms with Crippen LogP contribution < -0.4 is 0 Å². The van der Waals surface area contributed by atoms with E-state index in [9.17, 15) is 13.6 Å². The van der Waals surface area contributed by atoms with Crippen LogP contribution in [0.15, 0.2) is 0 Å². The number of rotatable bonds is 3. The van der Waals surface area contributed by atoms with Crippen molar-refractivity contribution in [3.05, 3.63) is 17.0 Å². The summed E-state index contributed by atoms with van der Waals surface area (Å²) in [6.07, 6.45) is 0. The summed E-state index contributed by atoms with van der Waals surface area (Å²) in [5, 5.41) is 5.67. The smallest absolute Gasteiger partial charge is 0.359 e. The van der Waals surface area contributed by atoms with Crippen LogP contribution in [-0.4, -0.2) is 22.8 Å². The molecule has 15 heavy (non-hydrogen) atoms. The highest BCUT2D eigenvalue weighted by atomic mass is 19.3. The van der Waals surface area contributed by atoms with E-state index in [1.54, 1.807) is 6.92 Å². The van der Waals surface area contributed by atoms with E-state index in [-0.39, 0.29) is 23.6 Å². The molecule has 1 N–H and O–H groups in total. The maximum atomic E-state index is 13.0. The Morgan fingerprint density at radius 1 is 1.60 bits per heavy atom. The van der Waals surface area contributed by atoms with E-state index in [4.69, 9.17) is 0 Å². The lowest BCUT2D eigenvalue weighted by atomic mass is 10.1. The number of esters is 1. The van der Waals surface area contributed by atoms with Gasteiger partial charge in [0.2, 0.25) is 0 Å². The van der Waals surface area contributed by atoms with Crippen LogP contribution in [0, 0.1) is 6.92 Å². The number of halogens is 2. The first-order chi connectivity index (χ1) is 6.88. The second kappa shape index (κ2) is 3.96. The predicted octanol–water partition coefficient (Wildman–Crippen LogP) is 2.01. The summed E-state index contributed by atoms with van der Waals surface area (Å²) >= 11 is 0. The van der Waals surface area contributed by atoms with Gasteiger partial charge in [-0.25, -0.2) is 4.79 Å². The minimum atomic E-state index is -3.04. The third-order valence-electron chi connectivity index (χ3n) is 1.92. The number of carbonyl (C=O) groups is 1. The molecule has 1 rings (SSSR count). The van der Waals surface area contributed by atoms with E-state index in [0.717, 1.165) is 6.92 Å². The lowest BCUT2D eigenvalue weighted by molar-refractivity contribution is 0.0121. The SMILES string of the molecule is CCOC(=O)c1n[nH]c(C(C)(F)F)c1C. The molecule has 0 amide bonds. The highest BCUT2D eigenvalue weighted by Crippen LogP contribution is 2.29. The number of alkyl halides is 2. The molecule has 0 atom stereocenters. The third-order valence-corrected chi connectivity index (χ3v) is 1.92. The molecule has 0 fully saturated rings. The third kappa shape index (κ3) is 2.31. The van der Waals surface area contributed by atoms with Crippen LogP contribution in [0.5, 0.6) is 0 Å². The van der Waals surface area contributed by atoms with Crippen molar-refractivity contribution in [2.75, 3.05) is 6.61 Å². The molecule has 0 saturated carbocycles. The summed E-state index contributed by atoms with van der Waals surface area (Å²) in [7, 11) is 0. The maximum absolute atomic E-state index is 13.0. The average Bonchev–Trinajstić information content (AvgIpc) is 2.46. The number of carbonyl (C=O) groups excluding carboxylic acids is 1. The molecule has 0 saturated heterocycles. The Bertz CT molecular complexity index is 369. The van der Waals surface area contributed by atoms with Crippen LogP contribution in [0.4, 0.5) is 8.78 Å². The fourth-order valence-electron chi connectivity index (χ4n) is 1.22. The minimum Gasteiger partial charge on any atom is -0.461 e. The predicted molar refractivity (Wildman–Crippen MR) is 48.8 cm³/mol. The number of aromatic nitrogens is 2. The van der Waals surface area contributed by atoms with Crippen molar-refractivity contribution in [1.29, 1.82) is 0 Å². The average molecular weight is 218 g/mol. The molecule has 0 radical (unpaired) electrons. The zero-order valence-corrected chi connectivity index (χ0v) is 8.73. The fraction of sp³-hybridized carbons (Fsp3) is 0.556. The molecule has 6 heteroatoms. The van der Waals surface area contributed by atoms with Gasteiger partial charge in [0.25, 0.3) is 5.92 Å². The lowest BCUT2D eigenvalue weighted by Gasteiger charge is -2.08. The van der Waals surface area contributed by atoms with E-state index in [2.05, 4.69) is 14.9 Å². The molecule has 0 aliphatic heterocycles. The van der Waals surface area contributed by atoms with Crippen LogP contribution in [-0.2, 0) is 10.7 Å². The molecule has 0 unspecified atom stereocenters. The lowest BCUT2D eigenvalue weighted by Crippen LogP contribution is -2.10. The number of nitrogens with one attached hydrogen (secondary N) is 1. The summed E-state index contributed by atoms with van der Waals surface area (Å²) in [6, 6.07) is 0. The zero-order chi connectivity index (χ0) is 11.6. The van der Waals surface area contributed by atoms with Gasteiger partial charge in [-0.3, -0.25) is 5.10 Å². The van der Waals surface area contributed by atoms with Gasteiger partial charge in [-0.15, -0.1) is 0 Å². The maximum Gasteiger partial charge on any atom is 0.359 e. The van der Waals surface area contributed by atoms with Gasteiger partial charge in [-0.2, -0.15) is 13.9 Å². The zero-order valence-electron chi connectivity index (χ0n) is 8.73. The highest BCUT2D eigenvalue weighted by Gasteiger charge is 2.31. The van der Waals surface area contributed by atoms with Crippen LogP contribution in [0.2, 0.25) is 0 Å². The second-order valence-electron chi connectivity index (χ2n) is 3.18. The van der Waals surface area contributed by atoms with Gasteiger partial charge in [0.05, 0.1) is 6.61 Å².